The molecule has 2 amide bonds. The number of methoxy groups -OCH3 is 2. The van der Waals surface area contributed by atoms with Gasteiger partial charge in [0.25, 0.3) is 11.1 Å². The summed E-state index contributed by atoms with van der Waals surface area (Å²) in [5.41, 5.74) is 0.573. The second-order valence-corrected chi connectivity index (χ2v) is 6.34. The standard InChI is InChI=1S/C18H19NO8S/c1-4-26-15(20)9-19-17(22)14(28-18(19)23)8-11-5-6-12(13(7-11)24-2)27-10-16(21)25-3/h5-8H,4,9-10H2,1-3H3/b14-8-. The predicted molar refractivity (Wildman–Crippen MR) is 99.8 cm³/mol. The van der Waals surface area contributed by atoms with E-state index in [0.717, 1.165) is 16.7 Å². The van der Waals surface area contributed by atoms with Crippen molar-refractivity contribution in [1.82, 2.24) is 4.90 Å². The van der Waals surface area contributed by atoms with E-state index in [2.05, 4.69) is 4.74 Å². The first-order valence-electron chi connectivity index (χ1n) is 8.18. The molecule has 28 heavy (non-hydrogen) atoms. The summed E-state index contributed by atoms with van der Waals surface area (Å²) in [6, 6.07) is 4.79. The van der Waals surface area contributed by atoms with Crippen molar-refractivity contribution in [2.75, 3.05) is 34.0 Å². The summed E-state index contributed by atoms with van der Waals surface area (Å²) in [6.07, 6.45) is 1.50. The molecule has 9 nitrogen and oxygen atoms in total. The van der Waals surface area contributed by atoms with Crippen molar-refractivity contribution in [3.05, 3.63) is 28.7 Å². The minimum Gasteiger partial charge on any atom is -0.493 e. The SMILES string of the molecule is CCOC(=O)CN1C(=O)S/C(=C\c2ccc(OCC(=O)OC)c(OC)c2)C1=O. The fourth-order valence-corrected chi connectivity index (χ4v) is 3.05. The van der Waals surface area contributed by atoms with Gasteiger partial charge in [0.1, 0.15) is 6.54 Å². The molecule has 1 fully saturated rings. The van der Waals surface area contributed by atoms with Crippen LogP contribution in [0, 0.1) is 0 Å². The molecule has 10 heteroatoms. The van der Waals surface area contributed by atoms with Gasteiger partial charge in [0, 0.05) is 0 Å². The van der Waals surface area contributed by atoms with Crippen molar-refractivity contribution >= 4 is 40.9 Å². The average molecular weight is 409 g/mol. The molecule has 0 aliphatic carbocycles. The number of thioether (sulfide) groups is 1. The molecule has 1 aromatic rings. The fraction of sp³-hybridized carbons (Fsp3) is 0.333. The van der Waals surface area contributed by atoms with E-state index in [4.69, 9.17) is 14.2 Å². The zero-order chi connectivity index (χ0) is 20.7. The molecular weight excluding hydrogens is 390 g/mol. The summed E-state index contributed by atoms with van der Waals surface area (Å²) < 4.78 is 19.8. The number of hydrogen-bond donors (Lipinski definition) is 0. The summed E-state index contributed by atoms with van der Waals surface area (Å²) in [5, 5.41) is -0.547. The Morgan fingerprint density at radius 3 is 2.54 bits per heavy atom. The Balaban J connectivity index is 2.16. The van der Waals surface area contributed by atoms with E-state index in [9.17, 15) is 19.2 Å². The van der Waals surface area contributed by atoms with Gasteiger partial charge in [-0.1, -0.05) is 6.07 Å². The zero-order valence-electron chi connectivity index (χ0n) is 15.6. The number of hydrogen-bond acceptors (Lipinski definition) is 9. The minimum atomic E-state index is -0.653. The van der Waals surface area contributed by atoms with Gasteiger partial charge in [-0.3, -0.25) is 19.3 Å². The van der Waals surface area contributed by atoms with Crippen LogP contribution in [-0.4, -0.2) is 62.0 Å². The second kappa shape index (κ2) is 9.79. The molecule has 0 spiro atoms. The minimum absolute atomic E-state index is 0.162. The molecule has 1 aromatic carbocycles. The maximum atomic E-state index is 12.4. The van der Waals surface area contributed by atoms with Crippen molar-refractivity contribution in [2.45, 2.75) is 6.92 Å². The van der Waals surface area contributed by atoms with Gasteiger partial charge in [-0.2, -0.15) is 0 Å². The highest BCUT2D eigenvalue weighted by Crippen LogP contribution is 2.34. The number of ether oxygens (including phenoxy) is 4. The predicted octanol–water partition coefficient (Wildman–Crippen LogP) is 1.85. The Bertz CT molecular complexity index is 820. The number of nitrogens with zero attached hydrogens (tertiary/aromatic N) is 1. The molecular formula is C18H19NO8S. The summed E-state index contributed by atoms with van der Waals surface area (Å²) in [6.45, 7) is 1.09. The van der Waals surface area contributed by atoms with E-state index >= 15 is 0 Å². The normalized spacial score (nSPS) is 15.0. The first-order chi connectivity index (χ1) is 13.4. The van der Waals surface area contributed by atoms with Gasteiger partial charge in [-0.15, -0.1) is 0 Å². The third-order valence-electron chi connectivity index (χ3n) is 3.52. The van der Waals surface area contributed by atoms with Crippen LogP contribution in [-0.2, 0) is 23.9 Å². The highest BCUT2D eigenvalue weighted by Gasteiger charge is 2.36. The molecule has 1 aliphatic rings. The van der Waals surface area contributed by atoms with Gasteiger partial charge in [0.2, 0.25) is 0 Å². The van der Waals surface area contributed by atoms with Crippen LogP contribution in [0.1, 0.15) is 12.5 Å². The zero-order valence-corrected chi connectivity index (χ0v) is 16.4. The van der Waals surface area contributed by atoms with Crippen molar-refractivity contribution in [3.63, 3.8) is 0 Å². The third kappa shape index (κ3) is 5.26. The van der Waals surface area contributed by atoms with Gasteiger partial charge >= 0.3 is 11.9 Å². The van der Waals surface area contributed by atoms with Gasteiger partial charge in [-0.05, 0) is 42.5 Å². The number of benzene rings is 1. The largest absolute Gasteiger partial charge is 0.493 e. The van der Waals surface area contributed by atoms with E-state index in [0.29, 0.717) is 17.1 Å². The lowest BCUT2D eigenvalue weighted by molar-refractivity contribution is -0.146. The lowest BCUT2D eigenvalue weighted by atomic mass is 10.2. The maximum absolute atomic E-state index is 12.4. The molecule has 0 saturated carbocycles. The number of amides is 2. The molecule has 1 aliphatic heterocycles. The smallest absolute Gasteiger partial charge is 0.343 e. The molecule has 1 heterocycles. The van der Waals surface area contributed by atoms with E-state index in [1.54, 1.807) is 25.1 Å². The molecule has 150 valence electrons. The highest BCUT2D eigenvalue weighted by molar-refractivity contribution is 8.18. The van der Waals surface area contributed by atoms with Crippen LogP contribution in [0.4, 0.5) is 4.79 Å². The van der Waals surface area contributed by atoms with Crippen molar-refractivity contribution in [2.24, 2.45) is 0 Å². The summed E-state index contributed by atoms with van der Waals surface area (Å²) in [4.78, 5) is 48.1. The molecule has 0 unspecified atom stereocenters. The van der Waals surface area contributed by atoms with Gasteiger partial charge in [0.15, 0.2) is 18.1 Å². The average Bonchev–Trinajstić information content (AvgIpc) is 2.94. The van der Waals surface area contributed by atoms with E-state index < -0.39 is 29.6 Å². The monoisotopic (exact) mass is 409 g/mol. The van der Waals surface area contributed by atoms with Crippen LogP contribution in [0.3, 0.4) is 0 Å². The number of carbonyl (C=O) groups is 4. The van der Waals surface area contributed by atoms with E-state index in [1.165, 1.54) is 20.3 Å². The Kier molecular flexibility index (Phi) is 7.44. The molecule has 0 N–H and O–H groups in total. The number of esters is 2. The summed E-state index contributed by atoms with van der Waals surface area (Å²) in [7, 11) is 2.68. The Morgan fingerprint density at radius 1 is 1.14 bits per heavy atom. The van der Waals surface area contributed by atoms with Crippen LogP contribution in [0.15, 0.2) is 23.1 Å². The van der Waals surface area contributed by atoms with E-state index in [1.807, 2.05) is 0 Å². The van der Waals surface area contributed by atoms with Crippen LogP contribution in [0.2, 0.25) is 0 Å². The van der Waals surface area contributed by atoms with Crippen molar-refractivity contribution in [3.8, 4) is 11.5 Å². The van der Waals surface area contributed by atoms with Crippen LogP contribution >= 0.6 is 11.8 Å². The quantitative estimate of drug-likeness (QED) is 0.469. The lowest BCUT2D eigenvalue weighted by Gasteiger charge is -2.11. The number of carbonyl (C=O) groups excluding carboxylic acids is 4. The molecule has 1 saturated heterocycles. The molecule has 0 radical (unpaired) electrons. The van der Waals surface area contributed by atoms with Crippen molar-refractivity contribution < 1.29 is 38.1 Å². The Morgan fingerprint density at radius 2 is 1.89 bits per heavy atom. The molecule has 0 atom stereocenters. The van der Waals surface area contributed by atoms with Crippen LogP contribution < -0.4 is 9.47 Å². The number of imide groups is 1. The fourth-order valence-electron chi connectivity index (χ4n) is 2.21. The highest BCUT2D eigenvalue weighted by atomic mass is 32.2. The Hall–Kier alpha value is -3.01. The number of rotatable bonds is 8. The van der Waals surface area contributed by atoms with Gasteiger partial charge < -0.3 is 18.9 Å². The maximum Gasteiger partial charge on any atom is 0.343 e. The first-order valence-corrected chi connectivity index (χ1v) is 8.99. The topological polar surface area (TPSA) is 108 Å². The van der Waals surface area contributed by atoms with Gasteiger partial charge in [-0.25, -0.2) is 4.79 Å². The molecule has 0 aromatic heterocycles. The van der Waals surface area contributed by atoms with Crippen molar-refractivity contribution in [1.29, 1.82) is 0 Å². The summed E-state index contributed by atoms with van der Waals surface area (Å²) >= 11 is 0.729. The van der Waals surface area contributed by atoms with Crippen LogP contribution in [0.5, 0.6) is 11.5 Å². The van der Waals surface area contributed by atoms with Crippen LogP contribution in [0.25, 0.3) is 6.08 Å². The lowest BCUT2D eigenvalue weighted by Crippen LogP contribution is -2.34. The third-order valence-corrected chi connectivity index (χ3v) is 4.43. The second-order valence-electron chi connectivity index (χ2n) is 5.35. The first kappa shape index (κ1) is 21.3. The molecule has 0 bridgehead atoms. The van der Waals surface area contributed by atoms with E-state index in [-0.39, 0.29) is 18.1 Å². The van der Waals surface area contributed by atoms with Gasteiger partial charge in [0.05, 0.1) is 25.7 Å². The molecule has 2 rings (SSSR count). The Labute approximate surface area is 165 Å². The summed E-state index contributed by atoms with van der Waals surface area (Å²) in [5.74, 6) is -1.11.